The molecule has 0 saturated carbocycles. The second-order valence-corrected chi connectivity index (χ2v) is 6.88. The third-order valence-corrected chi connectivity index (χ3v) is 5.01. The number of nitrogens with two attached hydrogens (primary N) is 1. The highest BCUT2D eigenvalue weighted by Gasteiger charge is 2.20. The van der Waals surface area contributed by atoms with Crippen LogP contribution >= 0.6 is 11.3 Å². The molecule has 4 N–H and O–H groups in total. The molecular formula is C17H22FN5S. The summed E-state index contributed by atoms with van der Waals surface area (Å²) in [5.41, 5.74) is 6.60. The minimum Gasteiger partial charge on any atom is -0.364 e. The molecule has 0 bridgehead atoms. The molecule has 5 nitrogen and oxygen atoms in total. The third-order valence-electron chi connectivity index (χ3n) is 4.14. The topological polar surface area (TPSA) is 79.6 Å². The van der Waals surface area contributed by atoms with Crippen LogP contribution in [0.3, 0.4) is 0 Å². The van der Waals surface area contributed by atoms with E-state index in [4.69, 9.17) is 5.73 Å². The average Bonchev–Trinajstić information content (AvgIpc) is 3.21. The summed E-state index contributed by atoms with van der Waals surface area (Å²) in [6.07, 6.45) is 1.37. The van der Waals surface area contributed by atoms with Crippen molar-refractivity contribution in [2.75, 3.05) is 11.9 Å². The smallest absolute Gasteiger partial charge is 0.157 e. The Morgan fingerprint density at radius 3 is 2.92 bits per heavy atom. The molecule has 0 radical (unpaired) electrons. The first-order valence-electron chi connectivity index (χ1n) is 8.18. The fraction of sp³-hybridized carbons (Fsp3) is 0.412. The molecule has 0 spiro atoms. The van der Waals surface area contributed by atoms with Gasteiger partial charge >= 0.3 is 0 Å². The quantitative estimate of drug-likeness (QED) is 0.607. The number of halogens is 1. The summed E-state index contributed by atoms with van der Waals surface area (Å²) < 4.78 is 14.8. The highest BCUT2D eigenvalue weighted by Crippen LogP contribution is 2.29. The number of rotatable bonds is 7. The van der Waals surface area contributed by atoms with Crippen molar-refractivity contribution in [3.63, 3.8) is 0 Å². The number of aromatic nitrogens is 3. The van der Waals surface area contributed by atoms with Gasteiger partial charge in [-0.2, -0.15) is 0 Å². The van der Waals surface area contributed by atoms with Crippen LogP contribution in [0.2, 0.25) is 0 Å². The number of H-pyrrole nitrogens is 1. The van der Waals surface area contributed by atoms with Gasteiger partial charge in [0.15, 0.2) is 5.82 Å². The van der Waals surface area contributed by atoms with Gasteiger partial charge in [-0.15, -0.1) is 11.3 Å². The molecule has 3 aromatic rings. The molecule has 3 aromatic heterocycles. The van der Waals surface area contributed by atoms with E-state index < -0.39 is 0 Å². The first kappa shape index (κ1) is 16.9. The normalized spacial score (nSPS) is 12.7. The van der Waals surface area contributed by atoms with Crippen molar-refractivity contribution >= 4 is 28.2 Å². The highest BCUT2D eigenvalue weighted by molar-refractivity contribution is 7.09. The van der Waals surface area contributed by atoms with Gasteiger partial charge in [0.25, 0.3) is 0 Å². The van der Waals surface area contributed by atoms with E-state index in [0.29, 0.717) is 42.1 Å². The van der Waals surface area contributed by atoms with E-state index in [2.05, 4.69) is 34.1 Å². The highest BCUT2D eigenvalue weighted by atomic mass is 32.1. The van der Waals surface area contributed by atoms with E-state index in [-0.39, 0.29) is 11.7 Å². The maximum absolute atomic E-state index is 14.8. The van der Waals surface area contributed by atoms with Gasteiger partial charge in [-0.1, -0.05) is 19.9 Å². The molecule has 0 saturated heterocycles. The van der Waals surface area contributed by atoms with Crippen molar-refractivity contribution in [3.8, 4) is 0 Å². The summed E-state index contributed by atoms with van der Waals surface area (Å²) in [5.74, 6) is 1.17. The largest absolute Gasteiger partial charge is 0.364 e. The summed E-state index contributed by atoms with van der Waals surface area (Å²) >= 11 is 1.66. The molecular weight excluding hydrogens is 325 g/mol. The van der Waals surface area contributed by atoms with E-state index >= 15 is 0 Å². The van der Waals surface area contributed by atoms with Gasteiger partial charge in [0.2, 0.25) is 0 Å². The second kappa shape index (κ2) is 7.27. The monoisotopic (exact) mass is 347 g/mol. The minimum atomic E-state index is -0.306. The third kappa shape index (κ3) is 3.27. The molecule has 128 valence electrons. The summed E-state index contributed by atoms with van der Waals surface area (Å²) in [6.45, 7) is 5.16. The van der Waals surface area contributed by atoms with Crippen LogP contribution in [0.5, 0.6) is 0 Å². The Morgan fingerprint density at radius 2 is 2.25 bits per heavy atom. The van der Waals surface area contributed by atoms with Crippen LogP contribution < -0.4 is 11.1 Å². The predicted molar refractivity (Wildman–Crippen MR) is 97.0 cm³/mol. The van der Waals surface area contributed by atoms with Gasteiger partial charge in [0.1, 0.15) is 17.3 Å². The first-order valence-corrected chi connectivity index (χ1v) is 9.06. The number of aromatic amines is 1. The average molecular weight is 347 g/mol. The number of hydrogen-bond acceptors (Lipinski definition) is 5. The summed E-state index contributed by atoms with van der Waals surface area (Å²) in [7, 11) is 0. The van der Waals surface area contributed by atoms with E-state index in [9.17, 15) is 4.39 Å². The molecule has 0 fully saturated rings. The van der Waals surface area contributed by atoms with Crippen molar-refractivity contribution in [1.29, 1.82) is 0 Å². The van der Waals surface area contributed by atoms with Crippen LogP contribution in [0.15, 0.2) is 17.5 Å². The van der Waals surface area contributed by atoms with Crippen LogP contribution in [0.1, 0.15) is 42.6 Å². The Kier molecular flexibility index (Phi) is 5.11. The van der Waals surface area contributed by atoms with Crippen molar-refractivity contribution < 1.29 is 4.39 Å². The van der Waals surface area contributed by atoms with Crippen molar-refractivity contribution in [1.82, 2.24) is 15.0 Å². The van der Waals surface area contributed by atoms with Crippen LogP contribution in [0.4, 0.5) is 10.2 Å². The Labute approximate surface area is 144 Å². The Morgan fingerprint density at radius 1 is 1.42 bits per heavy atom. The zero-order valence-electron chi connectivity index (χ0n) is 13.9. The zero-order chi connectivity index (χ0) is 17.1. The lowest BCUT2D eigenvalue weighted by Gasteiger charge is -2.11. The van der Waals surface area contributed by atoms with Gasteiger partial charge in [-0.25, -0.2) is 14.4 Å². The lowest BCUT2D eigenvalue weighted by atomic mass is 10.1. The number of nitrogens with zero attached hydrogens (tertiary/aromatic N) is 2. The molecule has 0 aliphatic rings. The van der Waals surface area contributed by atoms with Gasteiger partial charge in [-0.3, -0.25) is 0 Å². The van der Waals surface area contributed by atoms with Crippen molar-refractivity contribution in [2.24, 2.45) is 5.73 Å². The van der Waals surface area contributed by atoms with Gasteiger partial charge in [-0.05, 0) is 24.4 Å². The minimum absolute atomic E-state index is 0.209. The van der Waals surface area contributed by atoms with Gasteiger partial charge in [0, 0.05) is 17.2 Å². The van der Waals surface area contributed by atoms with Gasteiger partial charge < -0.3 is 16.0 Å². The Balaban J connectivity index is 2.04. The summed E-state index contributed by atoms with van der Waals surface area (Å²) in [6, 6.07) is 4.04. The number of thiophene rings is 1. The fourth-order valence-corrected chi connectivity index (χ4v) is 3.20. The maximum Gasteiger partial charge on any atom is 0.157 e. The number of anilines is 1. The van der Waals surface area contributed by atoms with Crippen LogP contribution in [0, 0.1) is 5.82 Å². The summed E-state index contributed by atoms with van der Waals surface area (Å²) in [5, 5.41) is 5.71. The Hall–Kier alpha value is -1.99. The van der Waals surface area contributed by atoms with Gasteiger partial charge in [0.05, 0.1) is 17.6 Å². The molecule has 24 heavy (non-hydrogen) atoms. The molecule has 7 heteroatoms. The van der Waals surface area contributed by atoms with Crippen molar-refractivity contribution in [3.05, 3.63) is 39.7 Å². The molecule has 3 rings (SSSR count). The van der Waals surface area contributed by atoms with E-state index in [0.717, 1.165) is 12.2 Å². The number of nitrogens with one attached hydrogen (secondary N) is 2. The SMILES string of the molecule is CCC(C)c1nc(NCc2cccs2)c2c(F)c(CCN)[nH]c2n1. The summed E-state index contributed by atoms with van der Waals surface area (Å²) in [4.78, 5) is 13.4. The second-order valence-electron chi connectivity index (χ2n) is 5.85. The van der Waals surface area contributed by atoms with E-state index in [1.165, 1.54) is 4.88 Å². The van der Waals surface area contributed by atoms with E-state index in [1.807, 2.05) is 17.5 Å². The van der Waals surface area contributed by atoms with Crippen LogP contribution in [-0.4, -0.2) is 21.5 Å². The first-order chi connectivity index (χ1) is 11.6. The molecule has 0 amide bonds. The van der Waals surface area contributed by atoms with E-state index in [1.54, 1.807) is 11.3 Å². The number of fused-ring (bicyclic) bond motifs is 1. The van der Waals surface area contributed by atoms with Crippen LogP contribution in [0.25, 0.3) is 11.0 Å². The molecule has 3 heterocycles. The number of hydrogen-bond donors (Lipinski definition) is 3. The predicted octanol–water partition coefficient (Wildman–Crippen LogP) is 3.79. The molecule has 0 aromatic carbocycles. The maximum atomic E-state index is 14.8. The fourth-order valence-electron chi connectivity index (χ4n) is 2.56. The van der Waals surface area contributed by atoms with Crippen LogP contribution in [-0.2, 0) is 13.0 Å². The molecule has 1 atom stereocenters. The molecule has 1 unspecified atom stereocenters. The zero-order valence-corrected chi connectivity index (χ0v) is 14.7. The Bertz CT molecular complexity index is 812. The molecule has 0 aliphatic carbocycles. The van der Waals surface area contributed by atoms with Crippen molar-refractivity contribution in [2.45, 2.75) is 39.2 Å². The lowest BCUT2D eigenvalue weighted by molar-refractivity contribution is 0.618. The lowest BCUT2D eigenvalue weighted by Crippen LogP contribution is -2.07. The molecule has 0 aliphatic heterocycles. The standard InChI is InChI=1S/C17H22FN5S/c1-3-10(2)15-22-16(20-9-11-5-4-8-24-11)13-14(18)12(6-7-19)21-17(13)23-15/h4-5,8,10H,3,6-7,9,19H2,1-2H3,(H2,20,21,22,23).